The van der Waals surface area contributed by atoms with Crippen molar-refractivity contribution in [3.63, 3.8) is 0 Å². The lowest BCUT2D eigenvalue weighted by Crippen LogP contribution is -2.30. The number of anilines is 2. The molecule has 0 aliphatic carbocycles. The molecule has 0 spiro atoms. The van der Waals surface area contributed by atoms with Crippen LogP contribution in [-0.4, -0.2) is 23.6 Å². The van der Waals surface area contributed by atoms with Crippen molar-refractivity contribution in [3.8, 4) is 0 Å². The Morgan fingerprint density at radius 3 is 1.71 bits per heavy atom. The first kappa shape index (κ1) is 13.0. The summed E-state index contributed by atoms with van der Waals surface area (Å²) in [5.41, 5.74) is 1.02. The van der Waals surface area contributed by atoms with Crippen molar-refractivity contribution in [2.45, 2.75) is 6.42 Å². The van der Waals surface area contributed by atoms with E-state index < -0.39 is 17.7 Å². The number of amides is 4. The largest absolute Gasteiger partial charge is 0.274 e. The summed E-state index contributed by atoms with van der Waals surface area (Å²) in [6.07, 6.45) is 2.38. The van der Waals surface area contributed by atoms with E-state index in [-0.39, 0.29) is 17.9 Å². The molecule has 1 fully saturated rings. The lowest BCUT2D eigenvalue weighted by Gasteiger charge is -2.17. The minimum atomic E-state index is -0.428. The van der Waals surface area contributed by atoms with Crippen molar-refractivity contribution in [1.29, 1.82) is 0 Å². The van der Waals surface area contributed by atoms with Gasteiger partial charge in [-0.3, -0.25) is 19.2 Å². The van der Waals surface area contributed by atoms with Gasteiger partial charge in [-0.1, -0.05) is 6.58 Å². The second kappa shape index (κ2) is 4.52. The summed E-state index contributed by atoms with van der Waals surface area (Å²) in [5, 5.41) is 0. The predicted molar refractivity (Wildman–Crippen MR) is 74.3 cm³/mol. The zero-order valence-electron chi connectivity index (χ0n) is 10.9. The maximum absolute atomic E-state index is 11.8. The van der Waals surface area contributed by atoms with Crippen LogP contribution in [0.15, 0.2) is 48.6 Å². The minimum absolute atomic E-state index is 0.00754. The van der Waals surface area contributed by atoms with Crippen LogP contribution in [0, 0.1) is 0 Å². The maximum atomic E-state index is 11.8. The monoisotopic (exact) mass is 282 g/mol. The van der Waals surface area contributed by atoms with Crippen LogP contribution in [0.1, 0.15) is 6.42 Å². The van der Waals surface area contributed by atoms with E-state index >= 15 is 0 Å². The molecule has 104 valence electrons. The van der Waals surface area contributed by atoms with Gasteiger partial charge in [0, 0.05) is 17.7 Å². The van der Waals surface area contributed by atoms with Crippen molar-refractivity contribution in [1.82, 2.24) is 0 Å². The fraction of sp³-hybridized carbons (Fsp3) is 0.0667. The van der Waals surface area contributed by atoms with E-state index in [0.717, 1.165) is 9.80 Å². The van der Waals surface area contributed by atoms with Gasteiger partial charge in [-0.25, -0.2) is 9.80 Å². The molecule has 0 saturated carbocycles. The molecule has 2 aliphatic heterocycles. The first-order chi connectivity index (χ1) is 9.99. The number of imide groups is 2. The summed E-state index contributed by atoms with van der Waals surface area (Å²) in [6.45, 7) is 3.54. The third-order valence-electron chi connectivity index (χ3n) is 3.29. The fourth-order valence-electron chi connectivity index (χ4n) is 2.28. The number of benzene rings is 1. The highest BCUT2D eigenvalue weighted by molar-refractivity contribution is 6.29. The van der Waals surface area contributed by atoms with Gasteiger partial charge in [0.2, 0.25) is 5.91 Å². The molecule has 3 rings (SSSR count). The van der Waals surface area contributed by atoms with Gasteiger partial charge >= 0.3 is 0 Å². The average Bonchev–Trinajstić information content (AvgIpc) is 2.91. The first-order valence-electron chi connectivity index (χ1n) is 6.20. The van der Waals surface area contributed by atoms with Crippen molar-refractivity contribution in [2.24, 2.45) is 0 Å². The Morgan fingerprint density at radius 2 is 1.29 bits per heavy atom. The number of nitrogens with zero attached hydrogens (tertiary/aromatic N) is 2. The highest BCUT2D eigenvalue weighted by Crippen LogP contribution is 2.28. The molecule has 0 radical (unpaired) electrons. The van der Waals surface area contributed by atoms with Gasteiger partial charge in [0.15, 0.2) is 0 Å². The van der Waals surface area contributed by atoms with Crippen molar-refractivity contribution in [3.05, 3.63) is 48.6 Å². The molecule has 1 saturated heterocycles. The maximum Gasteiger partial charge on any atom is 0.260 e. The zero-order chi connectivity index (χ0) is 15.1. The highest BCUT2D eigenvalue weighted by Gasteiger charge is 2.34. The predicted octanol–water partition coefficient (Wildman–Crippen LogP) is 0.935. The molecule has 1 aromatic rings. The summed E-state index contributed by atoms with van der Waals surface area (Å²) < 4.78 is 0. The van der Waals surface area contributed by atoms with E-state index in [9.17, 15) is 19.2 Å². The second-order valence-electron chi connectivity index (χ2n) is 4.68. The van der Waals surface area contributed by atoms with E-state index in [1.807, 2.05) is 0 Å². The summed E-state index contributed by atoms with van der Waals surface area (Å²) >= 11 is 0. The lowest BCUT2D eigenvalue weighted by molar-refractivity contribution is -0.122. The Kier molecular flexibility index (Phi) is 2.79. The molecule has 6 heteroatoms. The van der Waals surface area contributed by atoms with E-state index in [1.54, 1.807) is 0 Å². The second-order valence-corrected chi connectivity index (χ2v) is 4.68. The van der Waals surface area contributed by atoms with Gasteiger partial charge in [0.1, 0.15) is 0 Å². The van der Waals surface area contributed by atoms with Gasteiger partial charge in [0.05, 0.1) is 17.8 Å². The number of carbonyl (C=O) groups is 4. The molecule has 4 amide bonds. The Balaban J connectivity index is 1.90. The Labute approximate surface area is 119 Å². The van der Waals surface area contributed by atoms with E-state index in [4.69, 9.17) is 0 Å². The number of hydrogen-bond donors (Lipinski definition) is 0. The van der Waals surface area contributed by atoms with Crippen LogP contribution in [0.5, 0.6) is 0 Å². The first-order valence-corrected chi connectivity index (χ1v) is 6.20. The van der Waals surface area contributed by atoms with Crippen LogP contribution in [0.2, 0.25) is 0 Å². The molecule has 0 unspecified atom stereocenters. The van der Waals surface area contributed by atoms with Crippen LogP contribution in [0.4, 0.5) is 11.4 Å². The molecular weight excluding hydrogens is 272 g/mol. The van der Waals surface area contributed by atoms with Crippen molar-refractivity contribution < 1.29 is 19.2 Å². The van der Waals surface area contributed by atoms with Crippen LogP contribution in [0.3, 0.4) is 0 Å². The SMILES string of the molecule is C=C1CC(=O)N(c2ccc(N3C(=O)C=CC3=O)cc2)C1=O. The van der Waals surface area contributed by atoms with Crippen LogP contribution in [0.25, 0.3) is 0 Å². The minimum Gasteiger partial charge on any atom is -0.274 e. The van der Waals surface area contributed by atoms with Gasteiger partial charge in [-0.2, -0.15) is 0 Å². The Hall–Kier alpha value is -3.02. The van der Waals surface area contributed by atoms with E-state index in [0.29, 0.717) is 11.4 Å². The quantitative estimate of drug-likeness (QED) is 0.597. The molecular formula is C15H10N2O4. The normalized spacial score (nSPS) is 18.4. The molecule has 6 nitrogen and oxygen atoms in total. The summed E-state index contributed by atoms with van der Waals surface area (Å²) in [4.78, 5) is 48.8. The smallest absolute Gasteiger partial charge is 0.260 e. The Bertz CT molecular complexity index is 713. The molecule has 0 atom stereocenters. The summed E-state index contributed by atoms with van der Waals surface area (Å²) in [6, 6.07) is 6.06. The number of carbonyl (C=O) groups excluding carboxylic acids is 4. The van der Waals surface area contributed by atoms with Crippen LogP contribution < -0.4 is 9.80 Å². The van der Waals surface area contributed by atoms with Crippen LogP contribution >= 0.6 is 0 Å². The van der Waals surface area contributed by atoms with Crippen LogP contribution in [-0.2, 0) is 19.2 Å². The van der Waals surface area contributed by atoms with Crippen molar-refractivity contribution >= 4 is 35.0 Å². The zero-order valence-corrected chi connectivity index (χ0v) is 10.9. The molecule has 0 bridgehead atoms. The van der Waals surface area contributed by atoms with Gasteiger partial charge < -0.3 is 0 Å². The summed E-state index contributed by atoms with van der Waals surface area (Å²) in [7, 11) is 0. The van der Waals surface area contributed by atoms with Gasteiger partial charge in [-0.15, -0.1) is 0 Å². The lowest BCUT2D eigenvalue weighted by atomic mass is 10.2. The third kappa shape index (κ3) is 1.97. The van der Waals surface area contributed by atoms with Crippen molar-refractivity contribution in [2.75, 3.05) is 9.80 Å². The molecule has 1 aromatic carbocycles. The fourth-order valence-corrected chi connectivity index (χ4v) is 2.28. The third-order valence-corrected chi connectivity index (χ3v) is 3.29. The molecule has 0 N–H and O–H groups in total. The molecule has 2 aliphatic rings. The summed E-state index contributed by atoms with van der Waals surface area (Å²) in [5.74, 6) is -1.61. The number of hydrogen-bond acceptors (Lipinski definition) is 4. The average molecular weight is 282 g/mol. The van der Waals surface area contributed by atoms with Gasteiger partial charge in [-0.05, 0) is 24.3 Å². The van der Waals surface area contributed by atoms with E-state index in [2.05, 4.69) is 6.58 Å². The van der Waals surface area contributed by atoms with E-state index in [1.165, 1.54) is 36.4 Å². The molecule has 0 aromatic heterocycles. The molecule has 2 heterocycles. The standard InChI is InChI=1S/C15H10N2O4/c1-9-8-14(20)17(15(9)21)11-4-2-10(3-5-11)16-12(18)6-7-13(16)19/h2-7H,1,8H2. The molecule has 21 heavy (non-hydrogen) atoms. The topological polar surface area (TPSA) is 74.8 Å². The Morgan fingerprint density at radius 1 is 0.810 bits per heavy atom. The number of rotatable bonds is 2. The van der Waals surface area contributed by atoms with Gasteiger partial charge in [0.25, 0.3) is 17.7 Å². The highest BCUT2D eigenvalue weighted by atomic mass is 16.2.